The van der Waals surface area contributed by atoms with Gasteiger partial charge in [0.05, 0.1) is 18.2 Å². The van der Waals surface area contributed by atoms with E-state index in [2.05, 4.69) is 9.62 Å². The molecule has 1 heterocycles. The third-order valence-electron chi connectivity index (χ3n) is 6.49. The number of benzene rings is 4. The van der Waals surface area contributed by atoms with E-state index in [1.54, 1.807) is 30.9 Å². The largest absolute Gasteiger partial charge is 0.489 e. The van der Waals surface area contributed by atoms with Gasteiger partial charge in [-0.2, -0.15) is 0 Å². The number of rotatable bonds is 12. The topological polar surface area (TPSA) is 63.9 Å². The van der Waals surface area contributed by atoms with Gasteiger partial charge in [-0.05, 0) is 78.2 Å². The summed E-state index contributed by atoms with van der Waals surface area (Å²) in [5, 5.41) is 0. The van der Waals surface area contributed by atoms with Crippen molar-refractivity contribution in [2.45, 2.75) is 26.6 Å². The van der Waals surface area contributed by atoms with E-state index in [1.807, 2.05) is 85.8 Å². The first-order valence-electron chi connectivity index (χ1n) is 13.1. The first-order chi connectivity index (χ1) is 19.9. The van der Waals surface area contributed by atoms with Crippen molar-refractivity contribution in [2.75, 3.05) is 15.9 Å². The number of nitrogens with zero attached hydrogens (tertiary/aromatic N) is 1. The first kappa shape index (κ1) is 28.0. The first-order valence-corrected chi connectivity index (χ1v) is 14.7. The van der Waals surface area contributed by atoms with Gasteiger partial charge in [-0.25, -0.2) is 8.60 Å². The van der Waals surface area contributed by atoms with Gasteiger partial charge in [0.1, 0.15) is 40.7 Å². The highest BCUT2D eigenvalue weighted by atomic mass is 32.2. The summed E-state index contributed by atoms with van der Waals surface area (Å²) < 4.78 is 45.9. The van der Waals surface area contributed by atoms with Gasteiger partial charge in [0, 0.05) is 36.7 Å². The van der Waals surface area contributed by atoms with E-state index in [1.165, 1.54) is 6.07 Å². The molecule has 6 nitrogen and oxygen atoms in total. The Labute approximate surface area is 241 Å². The van der Waals surface area contributed by atoms with Gasteiger partial charge in [0.2, 0.25) is 0 Å². The number of anilines is 2. The lowest BCUT2D eigenvalue weighted by molar-refractivity contribution is 0.303. The van der Waals surface area contributed by atoms with E-state index in [-0.39, 0.29) is 5.82 Å². The standard InChI is InChI=1S/C33H31FN2O4S/c1-24-32(35-41(2)37)10-5-11-33(24)36(21-26-6-3-7-28(34)18-26)20-25-12-14-29(15-13-25)40-31-9-4-8-30(19-31)39-23-27-16-17-38-22-27/h3-19,22,35H,20-21,23H2,1-2H3. The van der Waals surface area contributed by atoms with Crippen LogP contribution in [0.2, 0.25) is 0 Å². The second-order valence-electron chi connectivity index (χ2n) is 9.63. The SMILES string of the molecule is Cc1c(NS(C)=O)cccc1N(Cc1ccc(Oc2cccc(OCc3ccoc3)c2)cc1)Cc1cccc(F)c1. The lowest BCUT2D eigenvalue weighted by Gasteiger charge is -2.28. The molecule has 1 N–H and O–H groups in total. The van der Waals surface area contributed by atoms with E-state index < -0.39 is 11.0 Å². The molecule has 0 saturated heterocycles. The molecule has 0 bridgehead atoms. The van der Waals surface area contributed by atoms with Crippen molar-refractivity contribution in [1.82, 2.24) is 0 Å². The van der Waals surface area contributed by atoms with E-state index in [4.69, 9.17) is 13.9 Å². The average Bonchev–Trinajstić information content (AvgIpc) is 3.48. The highest BCUT2D eigenvalue weighted by Crippen LogP contribution is 2.31. The van der Waals surface area contributed by atoms with Gasteiger partial charge < -0.3 is 23.5 Å². The molecule has 0 saturated carbocycles. The number of hydrogen-bond acceptors (Lipinski definition) is 5. The lowest BCUT2D eigenvalue weighted by Crippen LogP contribution is -2.23. The minimum Gasteiger partial charge on any atom is -0.489 e. The van der Waals surface area contributed by atoms with Crippen LogP contribution in [0, 0.1) is 12.7 Å². The Morgan fingerprint density at radius 2 is 1.59 bits per heavy atom. The summed E-state index contributed by atoms with van der Waals surface area (Å²) in [6.07, 6.45) is 4.88. The summed E-state index contributed by atoms with van der Waals surface area (Å²) in [7, 11) is -1.20. The molecule has 0 aliphatic heterocycles. The molecule has 4 aromatic carbocycles. The molecule has 8 heteroatoms. The molecule has 0 fully saturated rings. The minimum atomic E-state index is -1.20. The Morgan fingerprint density at radius 3 is 2.34 bits per heavy atom. The minimum absolute atomic E-state index is 0.270. The van der Waals surface area contributed by atoms with Crippen LogP contribution in [0.15, 0.2) is 114 Å². The van der Waals surface area contributed by atoms with Crippen molar-refractivity contribution >= 4 is 22.4 Å². The molecule has 0 amide bonds. The average molecular weight is 571 g/mol. The van der Waals surface area contributed by atoms with Crippen LogP contribution in [-0.4, -0.2) is 10.5 Å². The second-order valence-corrected chi connectivity index (χ2v) is 10.7. The second kappa shape index (κ2) is 13.2. The van der Waals surface area contributed by atoms with Crippen LogP contribution in [0.1, 0.15) is 22.3 Å². The summed E-state index contributed by atoms with van der Waals surface area (Å²) in [5.41, 5.74) is 5.61. The van der Waals surface area contributed by atoms with Crippen molar-refractivity contribution in [3.63, 3.8) is 0 Å². The van der Waals surface area contributed by atoms with Crippen LogP contribution >= 0.6 is 0 Å². The zero-order chi connectivity index (χ0) is 28.6. The highest BCUT2D eigenvalue weighted by Gasteiger charge is 2.15. The van der Waals surface area contributed by atoms with Crippen molar-refractivity contribution < 1.29 is 22.5 Å². The van der Waals surface area contributed by atoms with Crippen LogP contribution in [0.4, 0.5) is 15.8 Å². The summed E-state index contributed by atoms with van der Waals surface area (Å²) in [5.74, 6) is 1.80. The molecular formula is C33H31FN2O4S. The summed E-state index contributed by atoms with van der Waals surface area (Å²) in [6, 6.07) is 29.8. The Hall–Kier alpha value is -4.56. The molecule has 1 aromatic heterocycles. The molecule has 5 aromatic rings. The Bertz CT molecular complexity index is 1610. The van der Waals surface area contributed by atoms with E-state index in [0.29, 0.717) is 36.9 Å². The molecular weight excluding hydrogens is 539 g/mol. The Morgan fingerprint density at radius 1 is 0.829 bits per heavy atom. The molecule has 210 valence electrons. The van der Waals surface area contributed by atoms with Crippen LogP contribution in [-0.2, 0) is 30.7 Å². The predicted molar refractivity (Wildman–Crippen MR) is 161 cm³/mol. The van der Waals surface area contributed by atoms with Crippen molar-refractivity contribution in [3.05, 3.63) is 138 Å². The quantitative estimate of drug-likeness (QED) is 0.165. The van der Waals surface area contributed by atoms with Gasteiger partial charge in [0.25, 0.3) is 0 Å². The van der Waals surface area contributed by atoms with Gasteiger partial charge in [-0.3, -0.25) is 0 Å². The third-order valence-corrected chi connectivity index (χ3v) is 6.99. The van der Waals surface area contributed by atoms with Crippen molar-refractivity contribution in [1.29, 1.82) is 0 Å². The number of nitrogens with one attached hydrogen (secondary N) is 1. The highest BCUT2D eigenvalue weighted by molar-refractivity contribution is 7.85. The van der Waals surface area contributed by atoms with E-state index in [9.17, 15) is 8.60 Å². The van der Waals surface area contributed by atoms with Crippen LogP contribution < -0.4 is 19.1 Å². The fourth-order valence-corrected chi connectivity index (χ4v) is 5.03. The normalized spacial score (nSPS) is 11.6. The monoisotopic (exact) mass is 570 g/mol. The van der Waals surface area contributed by atoms with Crippen molar-refractivity contribution in [2.24, 2.45) is 0 Å². The van der Waals surface area contributed by atoms with E-state index >= 15 is 0 Å². The maximum Gasteiger partial charge on any atom is 0.131 e. The molecule has 1 unspecified atom stereocenters. The fourth-order valence-electron chi connectivity index (χ4n) is 4.50. The third kappa shape index (κ3) is 7.77. The predicted octanol–water partition coefficient (Wildman–Crippen LogP) is 8.01. The maximum atomic E-state index is 14.0. The summed E-state index contributed by atoms with van der Waals surface area (Å²) >= 11 is 0. The molecule has 0 spiro atoms. The number of halogens is 1. The molecule has 0 aliphatic carbocycles. The Kier molecular flexibility index (Phi) is 9.01. The van der Waals surface area contributed by atoms with Crippen LogP contribution in [0.25, 0.3) is 0 Å². The van der Waals surface area contributed by atoms with Gasteiger partial charge in [-0.1, -0.05) is 36.4 Å². The van der Waals surface area contributed by atoms with Gasteiger partial charge >= 0.3 is 0 Å². The fraction of sp³-hybridized carbons (Fsp3) is 0.152. The molecule has 5 rings (SSSR count). The molecule has 0 radical (unpaired) electrons. The van der Waals surface area contributed by atoms with Gasteiger partial charge in [-0.15, -0.1) is 0 Å². The lowest BCUT2D eigenvalue weighted by atomic mass is 10.1. The zero-order valence-corrected chi connectivity index (χ0v) is 23.7. The molecule has 41 heavy (non-hydrogen) atoms. The Balaban J connectivity index is 1.32. The van der Waals surface area contributed by atoms with Crippen LogP contribution in [0.3, 0.4) is 0 Å². The summed E-state index contributed by atoms with van der Waals surface area (Å²) in [6.45, 7) is 3.48. The molecule has 1 atom stereocenters. The summed E-state index contributed by atoms with van der Waals surface area (Å²) in [4.78, 5) is 2.19. The number of ether oxygens (including phenoxy) is 2. The van der Waals surface area contributed by atoms with E-state index in [0.717, 1.165) is 33.6 Å². The zero-order valence-electron chi connectivity index (χ0n) is 22.9. The number of hydrogen-bond donors (Lipinski definition) is 1. The maximum absolute atomic E-state index is 14.0. The van der Waals surface area contributed by atoms with Crippen molar-refractivity contribution in [3.8, 4) is 17.2 Å². The number of furan rings is 1. The van der Waals surface area contributed by atoms with Gasteiger partial charge in [0.15, 0.2) is 0 Å². The smallest absolute Gasteiger partial charge is 0.131 e. The molecule has 0 aliphatic rings. The van der Waals surface area contributed by atoms with Crippen LogP contribution in [0.5, 0.6) is 17.2 Å².